The van der Waals surface area contributed by atoms with Gasteiger partial charge in [-0.2, -0.15) is 0 Å². The van der Waals surface area contributed by atoms with Gasteiger partial charge in [-0.1, -0.05) is 0 Å². The predicted molar refractivity (Wildman–Crippen MR) is 60.6 cm³/mol. The zero-order chi connectivity index (χ0) is 12.6. The summed E-state index contributed by atoms with van der Waals surface area (Å²) in [4.78, 5) is 21.2. The molecule has 8 heteroatoms. The molecule has 0 radical (unpaired) electrons. The third kappa shape index (κ3) is 11.7. The molecule has 0 heterocycles. The van der Waals surface area contributed by atoms with Crippen LogP contribution in [0.1, 0.15) is 6.92 Å². The Morgan fingerprint density at radius 2 is 2.06 bits per heavy atom. The average molecular weight is 257 g/mol. The van der Waals surface area contributed by atoms with E-state index >= 15 is 0 Å². The van der Waals surface area contributed by atoms with Crippen LogP contribution in [0.4, 0.5) is 0 Å². The van der Waals surface area contributed by atoms with Crippen LogP contribution in [0.15, 0.2) is 11.8 Å². The van der Waals surface area contributed by atoms with Crippen molar-refractivity contribution in [1.82, 2.24) is 5.32 Å². The Bertz CT molecular complexity index is 281. The molecule has 0 bridgehead atoms. The van der Waals surface area contributed by atoms with Crippen LogP contribution in [0.3, 0.4) is 0 Å². The maximum absolute atomic E-state index is 11.0. The summed E-state index contributed by atoms with van der Waals surface area (Å²) in [5.41, 5.74) is 0.339. The van der Waals surface area contributed by atoms with Crippen molar-refractivity contribution in [3.05, 3.63) is 11.8 Å². The van der Waals surface area contributed by atoms with E-state index in [0.29, 0.717) is 5.70 Å². The molecular formula is C9H16NNaO6. The summed E-state index contributed by atoms with van der Waals surface area (Å²) < 4.78 is 4.56. The van der Waals surface area contributed by atoms with Gasteiger partial charge in [0.05, 0.1) is 6.61 Å². The SMILES string of the molecule is CC(=CC(=O)OCC(O)CO)NCC(=O)O.[NaH]. The number of carboxylic acid groups (broad SMARTS) is 1. The van der Waals surface area contributed by atoms with E-state index in [4.69, 9.17) is 15.3 Å². The average Bonchev–Trinajstić information content (AvgIpc) is 2.23. The first-order chi connectivity index (χ1) is 7.45. The number of esters is 1. The van der Waals surface area contributed by atoms with Crippen molar-refractivity contribution in [3.63, 3.8) is 0 Å². The molecule has 7 nitrogen and oxygen atoms in total. The second-order valence-electron chi connectivity index (χ2n) is 3.04. The van der Waals surface area contributed by atoms with Crippen molar-refractivity contribution in [3.8, 4) is 0 Å². The second kappa shape index (κ2) is 10.5. The van der Waals surface area contributed by atoms with Crippen LogP contribution in [0.25, 0.3) is 0 Å². The molecule has 0 rings (SSSR count). The molecule has 0 fully saturated rings. The topological polar surface area (TPSA) is 116 Å². The van der Waals surface area contributed by atoms with Crippen LogP contribution < -0.4 is 5.32 Å². The Morgan fingerprint density at radius 3 is 2.53 bits per heavy atom. The van der Waals surface area contributed by atoms with Crippen molar-refractivity contribution in [2.45, 2.75) is 13.0 Å². The zero-order valence-electron chi connectivity index (χ0n) is 8.84. The van der Waals surface area contributed by atoms with Crippen LogP contribution in [0.2, 0.25) is 0 Å². The molecule has 4 N–H and O–H groups in total. The Hall–Kier alpha value is -0.600. The summed E-state index contributed by atoms with van der Waals surface area (Å²) in [6.07, 6.45) is -0.0443. The second-order valence-corrected chi connectivity index (χ2v) is 3.04. The molecule has 0 aliphatic heterocycles. The van der Waals surface area contributed by atoms with Gasteiger partial charge < -0.3 is 25.4 Å². The number of allylic oxidation sites excluding steroid dienone is 1. The molecule has 0 saturated heterocycles. The molecule has 0 aromatic carbocycles. The first-order valence-electron chi connectivity index (χ1n) is 4.55. The van der Waals surface area contributed by atoms with Crippen molar-refractivity contribution in [1.29, 1.82) is 0 Å². The number of hydrogen-bond donors (Lipinski definition) is 4. The van der Waals surface area contributed by atoms with E-state index in [9.17, 15) is 9.59 Å². The van der Waals surface area contributed by atoms with Crippen molar-refractivity contribution in [2.24, 2.45) is 0 Å². The van der Waals surface area contributed by atoms with Crippen LogP contribution in [0, 0.1) is 0 Å². The predicted octanol–water partition coefficient (Wildman–Crippen LogP) is -2.19. The molecule has 0 aliphatic carbocycles. The minimum atomic E-state index is -1.11. The molecule has 0 amide bonds. The number of aliphatic carboxylic acids is 1. The zero-order valence-corrected chi connectivity index (χ0v) is 8.84. The standard InChI is InChI=1S/C9H15NO6.Na.H/c1-6(10-3-8(13)14)2-9(15)16-5-7(12)4-11;;/h2,7,10-12H,3-5H2,1H3,(H,13,14);;. The van der Waals surface area contributed by atoms with Gasteiger partial charge in [0.25, 0.3) is 0 Å². The fourth-order valence-corrected chi connectivity index (χ4v) is 0.716. The van der Waals surface area contributed by atoms with E-state index in [-0.39, 0.29) is 42.7 Å². The Kier molecular flexibility index (Phi) is 11.6. The van der Waals surface area contributed by atoms with Gasteiger partial charge in [-0.3, -0.25) is 4.79 Å². The van der Waals surface area contributed by atoms with Crippen molar-refractivity contribution < 1.29 is 29.6 Å². The summed E-state index contributed by atoms with van der Waals surface area (Å²) in [6, 6.07) is 0. The molecule has 0 aliphatic rings. The third-order valence-corrected chi connectivity index (χ3v) is 1.48. The number of carbonyl (C=O) groups excluding carboxylic acids is 1. The van der Waals surface area contributed by atoms with Crippen molar-refractivity contribution >= 4 is 41.5 Å². The summed E-state index contributed by atoms with van der Waals surface area (Å²) in [5, 5.41) is 28.1. The first kappa shape index (κ1) is 18.8. The van der Waals surface area contributed by atoms with Crippen LogP contribution >= 0.6 is 0 Å². The van der Waals surface area contributed by atoms with E-state index in [2.05, 4.69) is 10.1 Å². The van der Waals surface area contributed by atoms with Gasteiger partial charge in [0, 0.05) is 11.8 Å². The van der Waals surface area contributed by atoms with Gasteiger partial charge in [-0.25, -0.2) is 4.79 Å². The summed E-state index contributed by atoms with van der Waals surface area (Å²) >= 11 is 0. The van der Waals surface area contributed by atoms with Crippen LogP contribution in [-0.2, 0) is 14.3 Å². The summed E-state index contributed by atoms with van der Waals surface area (Å²) in [7, 11) is 0. The monoisotopic (exact) mass is 257 g/mol. The van der Waals surface area contributed by atoms with Gasteiger partial charge >= 0.3 is 41.5 Å². The molecule has 0 spiro atoms. The number of aliphatic hydroxyl groups excluding tert-OH is 2. The van der Waals surface area contributed by atoms with Gasteiger partial charge in [-0.15, -0.1) is 0 Å². The number of aliphatic hydroxyl groups is 2. The van der Waals surface area contributed by atoms with E-state index < -0.39 is 24.6 Å². The normalized spacial score (nSPS) is 12.3. The molecule has 0 aromatic heterocycles. The molecule has 1 unspecified atom stereocenters. The maximum atomic E-state index is 11.0. The molecular weight excluding hydrogens is 241 g/mol. The number of nitrogens with one attached hydrogen (secondary N) is 1. The summed E-state index contributed by atoms with van der Waals surface area (Å²) in [6.45, 7) is 0.410. The quantitative estimate of drug-likeness (QED) is 0.232. The summed E-state index contributed by atoms with van der Waals surface area (Å²) in [5.74, 6) is -1.76. The van der Waals surface area contributed by atoms with E-state index in [0.717, 1.165) is 6.08 Å². The minimum absolute atomic E-state index is 0. The number of ether oxygens (including phenoxy) is 1. The van der Waals surface area contributed by atoms with Crippen molar-refractivity contribution in [2.75, 3.05) is 19.8 Å². The van der Waals surface area contributed by atoms with Crippen LogP contribution in [0.5, 0.6) is 0 Å². The molecule has 17 heavy (non-hydrogen) atoms. The Morgan fingerprint density at radius 1 is 1.47 bits per heavy atom. The fourth-order valence-electron chi connectivity index (χ4n) is 0.716. The fraction of sp³-hybridized carbons (Fsp3) is 0.556. The van der Waals surface area contributed by atoms with Gasteiger partial charge in [0.2, 0.25) is 0 Å². The molecule has 0 saturated carbocycles. The van der Waals surface area contributed by atoms with E-state index in [1.165, 1.54) is 6.92 Å². The molecule has 94 valence electrons. The first-order valence-corrected chi connectivity index (χ1v) is 4.55. The number of carboxylic acids is 1. The van der Waals surface area contributed by atoms with E-state index in [1.54, 1.807) is 0 Å². The Labute approximate surface area is 121 Å². The van der Waals surface area contributed by atoms with Gasteiger partial charge in [0.15, 0.2) is 0 Å². The van der Waals surface area contributed by atoms with Gasteiger partial charge in [-0.05, 0) is 6.92 Å². The molecule has 1 atom stereocenters. The number of hydrogen-bond acceptors (Lipinski definition) is 6. The van der Waals surface area contributed by atoms with Crippen LogP contribution in [-0.4, -0.2) is 82.7 Å². The Balaban J connectivity index is 0. The number of carbonyl (C=O) groups is 2. The number of rotatable bonds is 7. The molecule has 0 aromatic rings. The third-order valence-electron chi connectivity index (χ3n) is 1.48. The van der Waals surface area contributed by atoms with Gasteiger partial charge in [0.1, 0.15) is 19.3 Å². The van der Waals surface area contributed by atoms with E-state index in [1.807, 2.05) is 0 Å².